The van der Waals surface area contributed by atoms with Gasteiger partial charge >= 0.3 is 6.18 Å². The zero-order valence-corrected chi connectivity index (χ0v) is 13.0. The lowest BCUT2D eigenvalue weighted by molar-refractivity contribution is -0.200. The van der Waals surface area contributed by atoms with Crippen LogP contribution in [0.25, 0.3) is 0 Å². The van der Waals surface area contributed by atoms with E-state index in [0.717, 1.165) is 17.0 Å². The van der Waals surface area contributed by atoms with Crippen molar-refractivity contribution in [1.29, 1.82) is 0 Å². The molecular formula is C16H21F3N2O. The summed E-state index contributed by atoms with van der Waals surface area (Å²) in [5.41, 5.74) is 3.14. The van der Waals surface area contributed by atoms with Gasteiger partial charge in [0.15, 0.2) is 0 Å². The van der Waals surface area contributed by atoms with Crippen LogP contribution in [0.1, 0.15) is 38.3 Å². The van der Waals surface area contributed by atoms with Crippen LogP contribution in [-0.2, 0) is 17.6 Å². The third-order valence-electron chi connectivity index (χ3n) is 4.01. The number of nitrogens with one attached hydrogen (secondary N) is 1. The number of nitrogens with zero attached hydrogens (tertiary/aromatic N) is 1. The molecule has 0 radical (unpaired) electrons. The van der Waals surface area contributed by atoms with Gasteiger partial charge in [0, 0.05) is 12.0 Å². The Morgan fingerprint density at radius 2 is 1.95 bits per heavy atom. The zero-order valence-electron chi connectivity index (χ0n) is 13.0. The fourth-order valence-electron chi connectivity index (χ4n) is 2.86. The molecular weight excluding hydrogens is 293 g/mol. The van der Waals surface area contributed by atoms with Crippen molar-refractivity contribution < 1.29 is 18.0 Å². The molecule has 2 rings (SSSR count). The average molecular weight is 314 g/mol. The van der Waals surface area contributed by atoms with Crippen LogP contribution in [0.15, 0.2) is 24.3 Å². The lowest BCUT2D eigenvalue weighted by Gasteiger charge is -2.37. The van der Waals surface area contributed by atoms with Crippen molar-refractivity contribution in [2.24, 2.45) is 0 Å². The summed E-state index contributed by atoms with van der Waals surface area (Å²) in [4.78, 5) is 11.5. The molecule has 1 atom stereocenters. The van der Waals surface area contributed by atoms with Crippen LogP contribution in [-0.4, -0.2) is 28.7 Å². The maximum atomic E-state index is 13.5. The van der Waals surface area contributed by atoms with E-state index in [-0.39, 0.29) is 18.7 Å². The fraction of sp³-hybridized carbons (Fsp3) is 0.562. The molecule has 1 N–H and O–H groups in total. The van der Waals surface area contributed by atoms with Gasteiger partial charge in [-0.1, -0.05) is 31.2 Å². The lowest BCUT2D eigenvalue weighted by Crippen LogP contribution is -2.57. The highest BCUT2D eigenvalue weighted by Crippen LogP contribution is 2.34. The predicted octanol–water partition coefficient (Wildman–Crippen LogP) is 3.24. The highest BCUT2D eigenvalue weighted by molar-refractivity contribution is 5.78. The Bertz CT molecular complexity index is 555. The number of hydrogen-bond donors (Lipinski definition) is 1. The summed E-state index contributed by atoms with van der Waals surface area (Å²) in [6.07, 6.45) is -3.76. The molecule has 0 aromatic heterocycles. The molecule has 22 heavy (non-hydrogen) atoms. The van der Waals surface area contributed by atoms with E-state index in [1.165, 1.54) is 0 Å². The van der Waals surface area contributed by atoms with E-state index in [9.17, 15) is 18.0 Å². The highest BCUT2D eigenvalue weighted by Gasteiger charge is 2.51. The summed E-state index contributed by atoms with van der Waals surface area (Å²) >= 11 is 0. The van der Waals surface area contributed by atoms with Gasteiger partial charge < -0.3 is 0 Å². The van der Waals surface area contributed by atoms with Gasteiger partial charge in [0.25, 0.3) is 0 Å². The van der Waals surface area contributed by atoms with Crippen LogP contribution in [0.5, 0.6) is 0 Å². The van der Waals surface area contributed by atoms with E-state index in [0.29, 0.717) is 5.56 Å². The van der Waals surface area contributed by atoms with E-state index in [1.807, 2.05) is 13.0 Å². The number of benzene rings is 1. The Labute approximate surface area is 128 Å². The van der Waals surface area contributed by atoms with Crippen LogP contribution in [0.2, 0.25) is 0 Å². The molecule has 122 valence electrons. The summed E-state index contributed by atoms with van der Waals surface area (Å²) in [5.74, 6) is -0.374. The summed E-state index contributed by atoms with van der Waals surface area (Å²) < 4.78 is 40.6. The molecule has 0 spiro atoms. The van der Waals surface area contributed by atoms with Crippen molar-refractivity contribution in [3.8, 4) is 0 Å². The number of aryl methyl sites for hydroxylation is 1. The first kappa shape index (κ1) is 16.8. The van der Waals surface area contributed by atoms with Crippen LogP contribution in [0.4, 0.5) is 13.2 Å². The van der Waals surface area contributed by atoms with Crippen molar-refractivity contribution in [3.63, 3.8) is 0 Å². The molecule has 1 heterocycles. The zero-order chi connectivity index (χ0) is 16.5. The average Bonchev–Trinajstić information content (AvgIpc) is 2.67. The first-order chi connectivity index (χ1) is 10.1. The monoisotopic (exact) mass is 314 g/mol. The van der Waals surface area contributed by atoms with Gasteiger partial charge in [0.2, 0.25) is 5.91 Å². The van der Waals surface area contributed by atoms with Crippen molar-refractivity contribution in [3.05, 3.63) is 35.4 Å². The molecule has 0 aliphatic carbocycles. The maximum Gasteiger partial charge on any atom is 0.406 e. The van der Waals surface area contributed by atoms with Gasteiger partial charge in [-0.25, -0.2) is 5.01 Å². The Balaban J connectivity index is 2.29. The second-order valence-corrected chi connectivity index (χ2v) is 6.33. The minimum absolute atomic E-state index is 0.0641. The number of carbonyl (C=O) groups is 1. The van der Waals surface area contributed by atoms with E-state index in [4.69, 9.17) is 0 Å². The van der Waals surface area contributed by atoms with E-state index < -0.39 is 17.8 Å². The largest absolute Gasteiger partial charge is 0.406 e. The van der Waals surface area contributed by atoms with Crippen molar-refractivity contribution in [2.45, 2.75) is 57.8 Å². The van der Waals surface area contributed by atoms with Gasteiger partial charge in [0.1, 0.15) is 6.04 Å². The molecule has 1 aliphatic rings. The van der Waals surface area contributed by atoms with E-state index >= 15 is 0 Å². The molecule has 0 saturated carbocycles. The normalized spacial score (nSPS) is 20.0. The molecule has 0 unspecified atom stereocenters. The van der Waals surface area contributed by atoms with Crippen LogP contribution >= 0.6 is 0 Å². The molecule has 1 aromatic carbocycles. The summed E-state index contributed by atoms with van der Waals surface area (Å²) in [6.45, 7) is 5.25. The van der Waals surface area contributed by atoms with Crippen molar-refractivity contribution >= 4 is 5.91 Å². The molecule has 6 heteroatoms. The number of amides is 1. The summed E-state index contributed by atoms with van der Waals surface area (Å²) in [6, 6.07) is 5.43. The lowest BCUT2D eigenvalue weighted by atomic mass is 9.96. The van der Waals surface area contributed by atoms with Crippen LogP contribution in [0.3, 0.4) is 0 Å². The van der Waals surface area contributed by atoms with Gasteiger partial charge in [-0.2, -0.15) is 13.2 Å². The van der Waals surface area contributed by atoms with Gasteiger partial charge in [-0.3, -0.25) is 10.2 Å². The standard InChI is InChI=1S/C16H21F3N2O/c1-4-11-6-5-7-12(8-11)9-13(16(17,18)19)21-15(2,3)10-14(22)20-21/h5-8,13H,4,9-10H2,1-3H3,(H,20,22)/t13-/m0/s1. The van der Waals surface area contributed by atoms with Gasteiger partial charge in [0.05, 0.1) is 0 Å². The molecule has 3 nitrogen and oxygen atoms in total. The van der Waals surface area contributed by atoms with Gasteiger partial charge in [-0.05, 0) is 37.8 Å². The third-order valence-corrected chi connectivity index (χ3v) is 4.01. The number of alkyl halides is 3. The minimum Gasteiger partial charge on any atom is -0.288 e. The second-order valence-electron chi connectivity index (χ2n) is 6.33. The number of hydrogen-bond acceptors (Lipinski definition) is 2. The van der Waals surface area contributed by atoms with E-state index in [1.54, 1.807) is 32.0 Å². The topological polar surface area (TPSA) is 32.3 Å². The predicted molar refractivity (Wildman–Crippen MR) is 78.0 cm³/mol. The second kappa shape index (κ2) is 5.91. The Hall–Kier alpha value is -1.56. The minimum atomic E-state index is -4.42. The third kappa shape index (κ3) is 3.61. The molecule has 1 amide bonds. The Morgan fingerprint density at radius 1 is 1.32 bits per heavy atom. The van der Waals surface area contributed by atoms with Crippen molar-refractivity contribution in [2.75, 3.05) is 0 Å². The van der Waals surface area contributed by atoms with Gasteiger partial charge in [-0.15, -0.1) is 0 Å². The van der Waals surface area contributed by atoms with Crippen molar-refractivity contribution in [1.82, 2.24) is 10.4 Å². The number of hydrazine groups is 1. The quantitative estimate of drug-likeness (QED) is 0.925. The smallest absolute Gasteiger partial charge is 0.288 e. The first-order valence-electron chi connectivity index (χ1n) is 7.37. The Morgan fingerprint density at radius 3 is 2.45 bits per heavy atom. The van der Waals surface area contributed by atoms with Crippen LogP contribution in [0, 0.1) is 0 Å². The number of rotatable bonds is 4. The number of halogens is 3. The Kier molecular flexibility index (Phi) is 4.52. The summed E-state index contributed by atoms with van der Waals surface area (Å²) in [7, 11) is 0. The SMILES string of the molecule is CCc1cccc(C[C@H](N2NC(=O)CC2(C)C)C(F)(F)F)c1. The molecule has 1 saturated heterocycles. The molecule has 0 bridgehead atoms. The maximum absolute atomic E-state index is 13.5. The first-order valence-corrected chi connectivity index (χ1v) is 7.37. The molecule has 1 fully saturated rings. The molecule has 1 aliphatic heterocycles. The number of carbonyl (C=O) groups excluding carboxylic acids is 1. The molecule has 1 aromatic rings. The van der Waals surface area contributed by atoms with Crippen LogP contribution < -0.4 is 5.43 Å². The fourth-order valence-corrected chi connectivity index (χ4v) is 2.86. The van der Waals surface area contributed by atoms with E-state index in [2.05, 4.69) is 5.43 Å². The highest BCUT2D eigenvalue weighted by atomic mass is 19.4. The summed E-state index contributed by atoms with van der Waals surface area (Å²) in [5, 5.41) is 1.06.